The number of nitrogens with zero attached hydrogens (tertiary/aromatic N) is 1. The van der Waals surface area contributed by atoms with E-state index in [9.17, 15) is 9.59 Å². The molecule has 0 amide bonds. The summed E-state index contributed by atoms with van der Waals surface area (Å²) in [5.41, 5.74) is 1.30. The van der Waals surface area contributed by atoms with Gasteiger partial charge in [0.15, 0.2) is 11.3 Å². The summed E-state index contributed by atoms with van der Waals surface area (Å²) in [7, 11) is 4.39. The molecule has 1 aromatic heterocycles. The molecule has 0 bridgehead atoms. The van der Waals surface area contributed by atoms with Crippen molar-refractivity contribution in [3.63, 3.8) is 0 Å². The number of aromatic nitrogens is 2. The number of hydrogen-bond acceptors (Lipinski definition) is 9. The molecule has 0 saturated heterocycles. The van der Waals surface area contributed by atoms with Crippen molar-refractivity contribution >= 4 is 23.5 Å². The van der Waals surface area contributed by atoms with Gasteiger partial charge in [-0.25, -0.2) is 9.89 Å². The van der Waals surface area contributed by atoms with Crippen molar-refractivity contribution < 1.29 is 33.3 Å². The first-order valence-electron chi connectivity index (χ1n) is 9.28. The highest BCUT2D eigenvalue weighted by Gasteiger charge is 2.25. The van der Waals surface area contributed by atoms with Crippen molar-refractivity contribution in [2.45, 2.75) is 25.5 Å². The van der Waals surface area contributed by atoms with Crippen LogP contribution in [0.3, 0.4) is 0 Å². The number of thioether (sulfide) groups is 1. The van der Waals surface area contributed by atoms with Crippen LogP contribution < -0.4 is 14.2 Å². The molecule has 0 unspecified atom stereocenters. The summed E-state index contributed by atoms with van der Waals surface area (Å²) in [5.74, 6) is 0.137. The van der Waals surface area contributed by atoms with Crippen molar-refractivity contribution in [3.8, 4) is 17.4 Å². The maximum atomic E-state index is 13.0. The van der Waals surface area contributed by atoms with Gasteiger partial charge in [0.25, 0.3) is 0 Å². The van der Waals surface area contributed by atoms with E-state index in [2.05, 4.69) is 10.2 Å². The lowest BCUT2D eigenvalue weighted by atomic mass is 10.1. The molecular formula is C20H26N2O7S. The summed E-state index contributed by atoms with van der Waals surface area (Å²) in [6, 6.07) is 3.50. The van der Waals surface area contributed by atoms with Gasteiger partial charge in [0.2, 0.25) is 5.88 Å². The second-order valence-corrected chi connectivity index (χ2v) is 6.85. The second kappa shape index (κ2) is 11.5. The summed E-state index contributed by atoms with van der Waals surface area (Å²) < 4.78 is 26.4. The van der Waals surface area contributed by atoms with Gasteiger partial charge >= 0.3 is 5.97 Å². The smallest absolute Gasteiger partial charge is 0.346 e. The molecule has 2 rings (SSSR count). The van der Waals surface area contributed by atoms with E-state index in [4.69, 9.17) is 23.7 Å². The van der Waals surface area contributed by atoms with Crippen molar-refractivity contribution in [1.29, 1.82) is 0 Å². The Balaban J connectivity index is 2.26. The van der Waals surface area contributed by atoms with E-state index in [1.165, 1.54) is 21.3 Å². The number of ether oxygens (including phenoxy) is 5. The summed E-state index contributed by atoms with van der Waals surface area (Å²) in [6.45, 7) is 4.76. The van der Waals surface area contributed by atoms with Gasteiger partial charge in [-0.1, -0.05) is 11.8 Å². The molecule has 0 atom stereocenters. The molecule has 1 aromatic carbocycles. The third-order valence-corrected chi connectivity index (χ3v) is 5.02. The summed E-state index contributed by atoms with van der Waals surface area (Å²) in [5, 5.41) is 7.01. The molecule has 0 aliphatic rings. The fourth-order valence-corrected chi connectivity index (χ4v) is 3.54. The Kier molecular flexibility index (Phi) is 9.00. The number of rotatable bonds is 12. The number of ketones is 1. The number of carbonyl (C=O) groups is 2. The number of esters is 1. The Morgan fingerprint density at radius 3 is 2.20 bits per heavy atom. The largest absolute Gasteiger partial charge is 0.496 e. The molecule has 0 saturated carbocycles. The van der Waals surface area contributed by atoms with Crippen LogP contribution in [0, 0.1) is 0 Å². The minimum Gasteiger partial charge on any atom is -0.496 e. The molecule has 0 fully saturated rings. The number of methoxy groups -OCH3 is 3. The number of aromatic amines is 1. The van der Waals surface area contributed by atoms with Crippen molar-refractivity contribution in [1.82, 2.24) is 10.2 Å². The van der Waals surface area contributed by atoms with E-state index >= 15 is 0 Å². The van der Waals surface area contributed by atoms with Crippen LogP contribution in [0.25, 0.3) is 0 Å². The lowest BCUT2D eigenvalue weighted by molar-refractivity contribution is 0.0518. The van der Waals surface area contributed by atoms with E-state index < -0.39 is 5.97 Å². The van der Waals surface area contributed by atoms with Crippen molar-refractivity contribution in [2.75, 3.05) is 40.3 Å². The van der Waals surface area contributed by atoms with Crippen LogP contribution in [0.1, 0.15) is 40.1 Å². The van der Waals surface area contributed by atoms with E-state index in [-0.39, 0.29) is 29.6 Å². The van der Waals surface area contributed by atoms with Crippen LogP contribution in [-0.4, -0.2) is 62.2 Å². The zero-order valence-corrected chi connectivity index (χ0v) is 18.5. The van der Waals surface area contributed by atoms with E-state index in [1.54, 1.807) is 19.1 Å². The van der Waals surface area contributed by atoms with Crippen LogP contribution in [0.5, 0.6) is 17.4 Å². The lowest BCUT2D eigenvalue weighted by Crippen LogP contribution is -2.10. The number of carbonyl (C=O) groups excluding carboxylic acids is 2. The van der Waals surface area contributed by atoms with Gasteiger partial charge in [-0.15, -0.1) is 0 Å². The monoisotopic (exact) mass is 438 g/mol. The highest BCUT2D eigenvalue weighted by Crippen LogP contribution is 2.34. The Morgan fingerprint density at radius 1 is 1.00 bits per heavy atom. The Labute approximate surface area is 179 Å². The molecule has 0 radical (unpaired) electrons. The topological polar surface area (TPSA) is 109 Å². The van der Waals surface area contributed by atoms with E-state index in [0.717, 1.165) is 17.3 Å². The maximum Gasteiger partial charge on any atom is 0.346 e. The molecule has 30 heavy (non-hydrogen) atoms. The maximum absolute atomic E-state index is 13.0. The fourth-order valence-electron chi connectivity index (χ4n) is 2.70. The molecule has 9 nitrogen and oxygen atoms in total. The van der Waals surface area contributed by atoms with Gasteiger partial charge < -0.3 is 23.7 Å². The SMILES string of the molecule is CCOCc1cc(OC)c(C(=O)CSc2n[nH]c(OC)c2C(=O)OCC)c(OC)c1. The number of benzene rings is 1. The minimum absolute atomic E-state index is 0.00204. The number of Topliss-reactive ketones (excluding diaryl/α,β-unsaturated/α-hetero) is 1. The average Bonchev–Trinajstić information content (AvgIpc) is 3.18. The van der Waals surface area contributed by atoms with Gasteiger partial charge in [-0.3, -0.25) is 4.79 Å². The van der Waals surface area contributed by atoms with Gasteiger partial charge in [0, 0.05) is 6.61 Å². The predicted octanol–water partition coefficient (Wildman–Crippen LogP) is 3.12. The van der Waals surface area contributed by atoms with Gasteiger partial charge in [-0.05, 0) is 31.5 Å². The molecule has 10 heteroatoms. The van der Waals surface area contributed by atoms with Gasteiger partial charge in [0.05, 0.1) is 40.3 Å². The Bertz CT molecular complexity index is 857. The van der Waals surface area contributed by atoms with Crippen molar-refractivity contribution in [2.24, 2.45) is 0 Å². The fraction of sp³-hybridized carbons (Fsp3) is 0.450. The summed E-state index contributed by atoms with van der Waals surface area (Å²) in [6.07, 6.45) is 0. The van der Waals surface area contributed by atoms with E-state index in [0.29, 0.717) is 35.3 Å². The molecule has 0 spiro atoms. The van der Waals surface area contributed by atoms with Gasteiger partial charge in [-0.2, -0.15) is 5.10 Å². The molecule has 0 aliphatic carbocycles. The Morgan fingerprint density at radius 2 is 1.67 bits per heavy atom. The molecule has 0 aliphatic heterocycles. The van der Waals surface area contributed by atoms with Crippen LogP contribution in [0.4, 0.5) is 0 Å². The van der Waals surface area contributed by atoms with E-state index in [1.807, 2.05) is 6.92 Å². The minimum atomic E-state index is -0.575. The number of H-pyrrole nitrogens is 1. The average molecular weight is 439 g/mol. The highest BCUT2D eigenvalue weighted by molar-refractivity contribution is 8.00. The third-order valence-electron chi connectivity index (χ3n) is 4.04. The quantitative estimate of drug-likeness (QED) is 0.304. The number of hydrogen-bond donors (Lipinski definition) is 1. The molecule has 164 valence electrons. The summed E-state index contributed by atoms with van der Waals surface area (Å²) >= 11 is 1.09. The van der Waals surface area contributed by atoms with Crippen LogP contribution in [0.2, 0.25) is 0 Å². The van der Waals surface area contributed by atoms with Crippen LogP contribution in [0.15, 0.2) is 17.2 Å². The molecular weight excluding hydrogens is 412 g/mol. The van der Waals surface area contributed by atoms with Crippen LogP contribution >= 0.6 is 11.8 Å². The zero-order chi connectivity index (χ0) is 22.1. The molecule has 2 aromatic rings. The van der Waals surface area contributed by atoms with Gasteiger partial charge in [0.1, 0.15) is 22.1 Å². The second-order valence-electron chi connectivity index (χ2n) is 5.88. The Hall–Kier alpha value is -2.72. The normalized spacial score (nSPS) is 10.6. The standard InChI is InChI=1S/C20H26N2O7S/c1-6-28-10-12-8-14(25-3)16(15(9-12)26-4)13(23)11-30-19-17(20(24)29-7-2)18(27-5)21-22-19/h8-9H,6-7,10-11H2,1-5H3,(H,21,22). The first kappa shape index (κ1) is 23.6. The lowest BCUT2D eigenvalue weighted by Gasteiger charge is -2.14. The molecule has 1 N–H and O–H groups in total. The van der Waals surface area contributed by atoms with Crippen molar-refractivity contribution in [3.05, 3.63) is 28.8 Å². The first-order valence-corrected chi connectivity index (χ1v) is 10.3. The zero-order valence-electron chi connectivity index (χ0n) is 17.7. The highest BCUT2D eigenvalue weighted by atomic mass is 32.2. The first-order chi connectivity index (χ1) is 14.5. The third kappa shape index (κ3) is 5.45. The molecule has 1 heterocycles. The summed E-state index contributed by atoms with van der Waals surface area (Å²) in [4.78, 5) is 25.2. The predicted molar refractivity (Wildman–Crippen MR) is 111 cm³/mol. The van der Waals surface area contributed by atoms with Crippen LogP contribution in [-0.2, 0) is 16.1 Å². The number of nitrogens with one attached hydrogen (secondary N) is 1.